The lowest BCUT2D eigenvalue weighted by Gasteiger charge is -2.20. The van der Waals surface area contributed by atoms with Crippen LogP contribution in [0, 0.1) is 5.92 Å². The van der Waals surface area contributed by atoms with E-state index >= 15 is 0 Å². The molecule has 86 valence electrons. The summed E-state index contributed by atoms with van der Waals surface area (Å²) in [7, 11) is 0. The summed E-state index contributed by atoms with van der Waals surface area (Å²) >= 11 is 0. The lowest BCUT2D eigenvalue weighted by Crippen LogP contribution is -2.12. The summed E-state index contributed by atoms with van der Waals surface area (Å²) in [6.45, 7) is 1.56. The fraction of sp³-hybridized carbons (Fsp3) is 0.500. The Morgan fingerprint density at radius 1 is 1.31 bits per heavy atom. The molecule has 1 aliphatic carbocycles. The molecule has 1 atom stereocenters. The molecule has 0 heterocycles. The van der Waals surface area contributed by atoms with Crippen LogP contribution in [0.3, 0.4) is 0 Å². The van der Waals surface area contributed by atoms with Gasteiger partial charge in [-0.25, -0.2) is 0 Å². The van der Waals surface area contributed by atoms with E-state index in [2.05, 4.69) is 0 Å². The molecule has 0 amide bonds. The van der Waals surface area contributed by atoms with Gasteiger partial charge in [0.05, 0.1) is 6.10 Å². The van der Waals surface area contributed by atoms with E-state index in [1.807, 2.05) is 18.2 Å². The Bertz CT molecular complexity index is 378. The third kappa shape index (κ3) is 2.17. The topological polar surface area (TPSA) is 37.3 Å². The van der Waals surface area contributed by atoms with Crippen LogP contribution in [0.15, 0.2) is 24.3 Å². The van der Waals surface area contributed by atoms with Crippen LogP contribution in [0.4, 0.5) is 0 Å². The van der Waals surface area contributed by atoms with E-state index < -0.39 is 6.10 Å². The fourth-order valence-corrected chi connectivity index (χ4v) is 2.60. The number of hydrogen-bond donors (Lipinski definition) is 1. The third-order valence-electron chi connectivity index (χ3n) is 3.51. The van der Waals surface area contributed by atoms with E-state index in [9.17, 15) is 9.90 Å². The van der Waals surface area contributed by atoms with Crippen LogP contribution in [0.1, 0.15) is 54.6 Å². The Morgan fingerprint density at radius 3 is 2.56 bits per heavy atom. The first-order chi connectivity index (χ1) is 7.70. The van der Waals surface area contributed by atoms with Crippen LogP contribution >= 0.6 is 0 Å². The van der Waals surface area contributed by atoms with Crippen LogP contribution in [-0.2, 0) is 0 Å². The first-order valence-electron chi connectivity index (χ1n) is 5.98. The molecule has 1 unspecified atom stereocenters. The van der Waals surface area contributed by atoms with Gasteiger partial charge in [-0.3, -0.25) is 4.79 Å². The molecule has 1 saturated carbocycles. The zero-order valence-electron chi connectivity index (χ0n) is 9.65. The Balaban J connectivity index is 2.27. The zero-order valence-corrected chi connectivity index (χ0v) is 9.65. The Kier molecular flexibility index (Phi) is 3.39. The van der Waals surface area contributed by atoms with E-state index in [-0.39, 0.29) is 5.78 Å². The summed E-state index contributed by atoms with van der Waals surface area (Å²) in [5.74, 6) is 0.369. The van der Waals surface area contributed by atoms with Crippen molar-refractivity contribution in [1.82, 2.24) is 0 Å². The summed E-state index contributed by atoms with van der Waals surface area (Å²) in [5, 5.41) is 10.3. The fourth-order valence-electron chi connectivity index (χ4n) is 2.60. The zero-order chi connectivity index (χ0) is 11.5. The van der Waals surface area contributed by atoms with Crippen LogP contribution in [0.5, 0.6) is 0 Å². The molecular formula is C14H18O2. The maximum atomic E-state index is 11.5. The largest absolute Gasteiger partial charge is 0.388 e. The minimum Gasteiger partial charge on any atom is -0.388 e. The first kappa shape index (κ1) is 11.3. The maximum Gasteiger partial charge on any atom is 0.160 e. The van der Waals surface area contributed by atoms with Crippen molar-refractivity contribution in [2.75, 3.05) is 0 Å². The maximum absolute atomic E-state index is 11.5. The second-order valence-corrected chi connectivity index (χ2v) is 4.63. The summed E-state index contributed by atoms with van der Waals surface area (Å²) in [4.78, 5) is 11.5. The summed E-state index contributed by atoms with van der Waals surface area (Å²) in [5.41, 5.74) is 1.48. The lowest BCUT2D eigenvalue weighted by atomic mass is 9.90. The molecule has 0 spiro atoms. The van der Waals surface area contributed by atoms with Gasteiger partial charge >= 0.3 is 0 Å². The smallest absolute Gasteiger partial charge is 0.160 e. The minimum absolute atomic E-state index is 0.0349. The quantitative estimate of drug-likeness (QED) is 0.791. The summed E-state index contributed by atoms with van der Waals surface area (Å²) in [6, 6.07) is 7.41. The Labute approximate surface area is 96.3 Å². The molecule has 0 aliphatic heterocycles. The second kappa shape index (κ2) is 4.79. The summed E-state index contributed by atoms with van der Waals surface area (Å²) < 4.78 is 0. The lowest BCUT2D eigenvalue weighted by molar-refractivity contribution is 0.0972. The number of Topliss-reactive ketones (excluding diaryl/α,β-unsaturated/α-hetero) is 1. The number of carbonyl (C=O) groups is 1. The van der Waals surface area contributed by atoms with Gasteiger partial charge in [0.1, 0.15) is 0 Å². The van der Waals surface area contributed by atoms with E-state index in [0.29, 0.717) is 11.5 Å². The van der Waals surface area contributed by atoms with Crippen molar-refractivity contribution in [2.24, 2.45) is 5.92 Å². The standard InChI is InChI=1S/C14H18O2/c1-10(15)12-8-4-5-9-13(12)14(16)11-6-2-3-7-11/h4-5,8-9,11,14,16H,2-3,6-7H2,1H3. The molecule has 1 fully saturated rings. The average molecular weight is 218 g/mol. The molecule has 2 heteroatoms. The molecule has 0 radical (unpaired) electrons. The van der Waals surface area contributed by atoms with E-state index in [0.717, 1.165) is 18.4 Å². The van der Waals surface area contributed by atoms with Gasteiger partial charge in [0.2, 0.25) is 0 Å². The molecular weight excluding hydrogens is 200 g/mol. The minimum atomic E-state index is -0.470. The Morgan fingerprint density at radius 2 is 1.94 bits per heavy atom. The van der Waals surface area contributed by atoms with Gasteiger partial charge in [0, 0.05) is 5.56 Å². The summed E-state index contributed by atoms with van der Waals surface area (Å²) in [6.07, 6.45) is 4.08. The number of rotatable bonds is 3. The number of ketones is 1. The van der Waals surface area contributed by atoms with Crippen molar-refractivity contribution in [3.05, 3.63) is 35.4 Å². The van der Waals surface area contributed by atoms with Crippen LogP contribution in [0.2, 0.25) is 0 Å². The van der Waals surface area contributed by atoms with Crippen molar-refractivity contribution >= 4 is 5.78 Å². The van der Waals surface area contributed by atoms with Crippen molar-refractivity contribution < 1.29 is 9.90 Å². The van der Waals surface area contributed by atoms with Gasteiger partial charge in [-0.1, -0.05) is 37.1 Å². The molecule has 1 aromatic carbocycles. The highest BCUT2D eigenvalue weighted by Crippen LogP contribution is 2.36. The van der Waals surface area contributed by atoms with E-state index in [1.165, 1.54) is 12.8 Å². The Hall–Kier alpha value is -1.15. The highest BCUT2D eigenvalue weighted by Gasteiger charge is 2.26. The van der Waals surface area contributed by atoms with Gasteiger partial charge in [-0.05, 0) is 31.2 Å². The van der Waals surface area contributed by atoms with Gasteiger partial charge in [0.25, 0.3) is 0 Å². The highest BCUT2D eigenvalue weighted by atomic mass is 16.3. The molecule has 2 nitrogen and oxygen atoms in total. The molecule has 1 aromatic rings. The number of hydrogen-bond acceptors (Lipinski definition) is 2. The van der Waals surface area contributed by atoms with Gasteiger partial charge in [0.15, 0.2) is 5.78 Å². The molecule has 1 N–H and O–H groups in total. The molecule has 0 saturated heterocycles. The molecule has 1 aliphatic rings. The highest BCUT2D eigenvalue weighted by molar-refractivity contribution is 5.95. The average Bonchev–Trinajstić information content (AvgIpc) is 2.81. The predicted octanol–water partition coefficient (Wildman–Crippen LogP) is 3.11. The molecule has 16 heavy (non-hydrogen) atoms. The van der Waals surface area contributed by atoms with Gasteiger partial charge in [-0.15, -0.1) is 0 Å². The SMILES string of the molecule is CC(=O)c1ccccc1C(O)C1CCCC1. The first-order valence-corrected chi connectivity index (χ1v) is 5.98. The second-order valence-electron chi connectivity index (χ2n) is 4.63. The predicted molar refractivity (Wildman–Crippen MR) is 63.4 cm³/mol. The number of benzene rings is 1. The van der Waals surface area contributed by atoms with Crippen molar-refractivity contribution in [3.8, 4) is 0 Å². The van der Waals surface area contributed by atoms with E-state index in [1.54, 1.807) is 13.0 Å². The van der Waals surface area contributed by atoms with Crippen molar-refractivity contribution in [2.45, 2.75) is 38.7 Å². The normalized spacial score (nSPS) is 18.6. The van der Waals surface area contributed by atoms with Crippen LogP contribution in [-0.4, -0.2) is 10.9 Å². The molecule has 0 bridgehead atoms. The molecule has 2 rings (SSSR count). The number of carbonyl (C=O) groups excluding carboxylic acids is 1. The third-order valence-corrected chi connectivity index (χ3v) is 3.51. The van der Waals surface area contributed by atoms with E-state index in [4.69, 9.17) is 0 Å². The van der Waals surface area contributed by atoms with Crippen molar-refractivity contribution in [3.63, 3.8) is 0 Å². The van der Waals surface area contributed by atoms with Gasteiger partial charge < -0.3 is 5.11 Å². The van der Waals surface area contributed by atoms with Crippen molar-refractivity contribution in [1.29, 1.82) is 0 Å². The number of aliphatic hydroxyl groups is 1. The molecule has 0 aromatic heterocycles. The van der Waals surface area contributed by atoms with Gasteiger partial charge in [-0.2, -0.15) is 0 Å². The number of aliphatic hydroxyl groups excluding tert-OH is 1. The van der Waals surface area contributed by atoms with Crippen LogP contribution in [0.25, 0.3) is 0 Å². The van der Waals surface area contributed by atoms with Crippen LogP contribution < -0.4 is 0 Å². The monoisotopic (exact) mass is 218 g/mol.